The number of hydrogen-bond donors (Lipinski definition) is 3. The minimum Gasteiger partial charge on any atom is -0.480 e. The summed E-state index contributed by atoms with van der Waals surface area (Å²) in [6.45, 7) is 2.25. The van der Waals surface area contributed by atoms with Crippen molar-refractivity contribution in [2.45, 2.75) is 32.2 Å². The highest BCUT2D eigenvalue weighted by atomic mass is 16.4. The highest BCUT2D eigenvalue weighted by molar-refractivity contribution is 5.84. The molecule has 0 bridgehead atoms. The molecule has 2 atom stereocenters. The Kier molecular flexibility index (Phi) is 6.97. The van der Waals surface area contributed by atoms with Crippen molar-refractivity contribution in [3.05, 3.63) is 0 Å². The lowest BCUT2D eigenvalue weighted by molar-refractivity contribution is -0.142. The van der Waals surface area contributed by atoms with Crippen LogP contribution in [0.25, 0.3) is 0 Å². The predicted octanol–water partition coefficient (Wildman–Crippen LogP) is -0.0459. The van der Waals surface area contributed by atoms with Gasteiger partial charge in [-0.15, -0.1) is 12.3 Å². The van der Waals surface area contributed by atoms with E-state index in [0.29, 0.717) is 13.0 Å². The zero-order chi connectivity index (χ0) is 12.6. The number of rotatable bonds is 7. The van der Waals surface area contributed by atoms with E-state index in [1.165, 1.54) is 0 Å². The van der Waals surface area contributed by atoms with Crippen molar-refractivity contribution in [1.29, 1.82) is 0 Å². The van der Waals surface area contributed by atoms with Crippen LogP contribution in [0.3, 0.4) is 0 Å². The van der Waals surface area contributed by atoms with E-state index in [1.807, 2.05) is 0 Å². The number of nitrogens with two attached hydrogens (primary N) is 1. The molecule has 0 aliphatic rings. The Hall–Kier alpha value is -1.54. The number of carbonyl (C=O) groups is 2. The highest BCUT2D eigenvalue weighted by Gasteiger charge is 2.21. The van der Waals surface area contributed by atoms with Crippen LogP contribution >= 0.6 is 0 Å². The molecule has 0 fully saturated rings. The van der Waals surface area contributed by atoms with Crippen LogP contribution in [-0.2, 0) is 9.59 Å². The number of nitrogens with one attached hydrogen (secondary N) is 1. The third kappa shape index (κ3) is 5.37. The van der Waals surface area contributed by atoms with E-state index in [4.69, 9.17) is 17.3 Å². The SMILES string of the molecule is C#CCC(NC(=O)C(C)CCCN)C(=O)O. The maximum absolute atomic E-state index is 11.6. The quantitative estimate of drug-likeness (QED) is 0.531. The van der Waals surface area contributed by atoms with E-state index in [0.717, 1.165) is 6.42 Å². The summed E-state index contributed by atoms with van der Waals surface area (Å²) in [5.41, 5.74) is 5.32. The van der Waals surface area contributed by atoms with Crippen LogP contribution in [-0.4, -0.2) is 29.6 Å². The molecule has 0 spiro atoms. The molecule has 0 radical (unpaired) electrons. The molecule has 5 nitrogen and oxygen atoms in total. The molecule has 5 heteroatoms. The first-order valence-electron chi connectivity index (χ1n) is 5.19. The van der Waals surface area contributed by atoms with Crippen LogP contribution in [0.2, 0.25) is 0 Å². The first-order chi connectivity index (χ1) is 7.52. The van der Waals surface area contributed by atoms with Crippen LogP contribution in [0.4, 0.5) is 0 Å². The summed E-state index contributed by atoms with van der Waals surface area (Å²) in [6, 6.07) is -1.00. The molecule has 0 aromatic carbocycles. The topological polar surface area (TPSA) is 92.4 Å². The second kappa shape index (κ2) is 7.71. The van der Waals surface area contributed by atoms with Gasteiger partial charge in [-0.1, -0.05) is 6.92 Å². The fourth-order valence-electron chi connectivity index (χ4n) is 1.19. The van der Waals surface area contributed by atoms with Gasteiger partial charge in [0.25, 0.3) is 0 Å². The summed E-state index contributed by atoms with van der Waals surface area (Å²) < 4.78 is 0. The van der Waals surface area contributed by atoms with Crippen molar-refractivity contribution in [1.82, 2.24) is 5.32 Å². The summed E-state index contributed by atoms with van der Waals surface area (Å²) in [4.78, 5) is 22.3. The molecule has 2 unspecified atom stereocenters. The number of amides is 1. The molecule has 0 aliphatic carbocycles. The number of carboxylic acid groups (broad SMARTS) is 1. The van der Waals surface area contributed by atoms with Crippen molar-refractivity contribution in [3.8, 4) is 12.3 Å². The monoisotopic (exact) mass is 226 g/mol. The minimum absolute atomic E-state index is 0.00924. The van der Waals surface area contributed by atoms with Crippen LogP contribution in [0.1, 0.15) is 26.2 Å². The van der Waals surface area contributed by atoms with Gasteiger partial charge in [0.1, 0.15) is 6.04 Å². The second-order valence-electron chi connectivity index (χ2n) is 3.64. The van der Waals surface area contributed by atoms with Crippen molar-refractivity contribution in [2.75, 3.05) is 6.54 Å². The molecule has 16 heavy (non-hydrogen) atoms. The molecular weight excluding hydrogens is 208 g/mol. The zero-order valence-electron chi connectivity index (χ0n) is 9.40. The number of hydrogen-bond acceptors (Lipinski definition) is 3. The molecule has 0 aliphatic heterocycles. The van der Waals surface area contributed by atoms with Gasteiger partial charge in [0.15, 0.2) is 0 Å². The molecule has 4 N–H and O–H groups in total. The summed E-state index contributed by atoms with van der Waals surface area (Å²) in [5, 5.41) is 11.2. The van der Waals surface area contributed by atoms with E-state index in [2.05, 4.69) is 11.2 Å². The maximum Gasteiger partial charge on any atom is 0.327 e. The largest absolute Gasteiger partial charge is 0.480 e. The second-order valence-corrected chi connectivity index (χ2v) is 3.64. The first-order valence-corrected chi connectivity index (χ1v) is 5.19. The molecule has 0 rings (SSSR count). The van der Waals surface area contributed by atoms with Crippen molar-refractivity contribution >= 4 is 11.9 Å². The van der Waals surface area contributed by atoms with Gasteiger partial charge >= 0.3 is 5.97 Å². The van der Waals surface area contributed by atoms with E-state index < -0.39 is 12.0 Å². The van der Waals surface area contributed by atoms with Gasteiger partial charge in [0.2, 0.25) is 5.91 Å². The number of carboxylic acids is 1. The Bertz CT molecular complexity index is 283. The maximum atomic E-state index is 11.6. The lowest BCUT2D eigenvalue weighted by Gasteiger charge is -2.15. The van der Waals surface area contributed by atoms with Crippen molar-refractivity contribution in [2.24, 2.45) is 11.7 Å². The average Bonchev–Trinajstić information content (AvgIpc) is 2.24. The highest BCUT2D eigenvalue weighted by Crippen LogP contribution is 2.05. The van der Waals surface area contributed by atoms with Gasteiger partial charge in [-0.2, -0.15) is 0 Å². The van der Waals surface area contributed by atoms with E-state index in [-0.39, 0.29) is 18.2 Å². The first kappa shape index (κ1) is 14.5. The Morgan fingerprint density at radius 3 is 2.62 bits per heavy atom. The third-order valence-electron chi connectivity index (χ3n) is 2.23. The summed E-state index contributed by atoms with van der Waals surface area (Å²) in [5.74, 6) is 0.565. The zero-order valence-corrected chi connectivity index (χ0v) is 9.40. The molecule has 0 aromatic rings. The fourth-order valence-corrected chi connectivity index (χ4v) is 1.19. The Morgan fingerprint density at radius 2 is 2.19 bits per heavy atom. The van der Waals surface area contributed by atoms with Gasteiger partial charge in [-0.25, -0.2) is 4.79 Å². The minimum atomic E-state index is -1.11. The Balaban J connectivity index is 4.18. The Morgan fingerprint density at radius 1 is 1.56 bits per heavy atom. The number of carbonyl (C=O) groups excluding carboxylic acids is 1. The van der Waals surface area contributed by atoms with Crippen LogP contribution in [0.15, 0.2) is 0 Å². The van der Waals surface area contributed by atoms with Crippen molar-refractivity contribution < 1.29 is 14.7 Å². The molecular formula is C11H18N2O3. The molecule has 90 valence electrons. The van der Waals surface area contributed by atoms with Gasteiger partial charge in [0.05, 0.1) is 0 Å². The molecule has 1 amide bonds. The van der Waals surface area contributed by atoms with Crippen LogP contribution in [0, 0.1) is 18.3 Å². The lowest BCUT2D eigenvalue weighted by atomic mass is 10.0. The van der Waals surface area contributed by atoms with Gasteiger partial charge in [-0.05, 0) is 19.4 Å². The molecule has 0 heterocycles. The van der Waals surface area contributed by atoms with E-state index in [1.54, 1.807) is 6.92 Å². The number of aliphatic carboxylic acids is 1. The van der Waals surface area contributed by atoms with Crippen LogP contribution < -0.4 is 11.1 Å². The normalized spacial score (nSPS) is 13.6. The Labute approximate surface area is 95.4 Å². The third-order valence-corrected chi connectivity index (χ3v) is 2.23. The lowest BCUT2D eigenvalue weighted by Crippen LogP contribution is -2.43. The van der Waals surface area contributed by atoms with Gasteiger partial charge in [-0.3, -0.25) is 4.79 Å². The van der Waals surface area contributed by atoms with Crippen LogP contribution in [0.5, 0.6) is 0 Å². The van der Waals surface area contributed by atoms with Crippen molar-refractivity contribution in [3.63, 3.8) is 0 Å². The smallest absolute Gasteiger partial charge is 0.327 e. The summed E-state index contributed by atoms with van der Waals surface area (Å²) in [6.07, 6.45) is 6.39. The molecule has 0 saturated carbocycles. The van der Waals surface area contributed by atoms with Gasteiger partial charge < -0.3 is 16.2 Å². The summed E-state index contributed by atoms with van der Waals surface area (Å²) >= 11 is 0. The van der Waals surface area contributed by atoms with Gasteiger partial charge in [0, 0.05) is 12.3 Å². The average molecular weight is 226 g/mol. The number of terminal acetylenes is 1. The fraction of sp³-hybridized carbons (Fsp3) is 0.636. The van der Waals surface area contributed by atoms with E-state index >= 15 is 0 Å². The summed E-state index contributed by atoms with van der Waals surface area (Å²) in [7, 11) is 0. The predicted molar refractivity (Wildman–Crippen MR) is 60.5 cm³/mol. The standard InChI is InChI=1S/C11H18N2O3/c1-3-5-9(11(15)16)13-10(14)8(2)6-4-7-12/h1,8-9H,4-7,12H2,2H3,(H,13,14)(H,15,16). The molecule has 0 aromatic heterocycles. The molecule has 0 saturated heterocycles. The van der Waals surface area contributed by atoms with E-state index in [9.17, 15) is 9.59 Å².